The molecule has 19 heavy (non-hydrogen) atoms. The van der Waals surface area contributed by atoms with Gasteiger partial charge in [0.2, 0.25) is 5.91 Å². The standard InChI is InChI=1S/C14H18ClNO3/c1-3-19-14(18)9-8-13(17)16-10(2)11-4-6-12(15)7-5-11/h4-7,10H,3,8-9H2,1-2H3,(H,16,17)/t10-/m1/s1. The van der Waals surface area contributed by atoms with Gasteiger partial charge in [-0.15, -0.1) is 0 Å². The molecule has 1 rings (SSSR count). The highest BCUT2D eigenvalue weighted by Crippen LogP contribution is 2.16. The van der Waals surface area contributed by atoms with E-state index in [1.807, 2.05) is 19.1 Å². The molecule has 5 heteroatoms. The number of benzene rings is 1. The molecule has 0 aromatic heterocycles. The highest BCUT2D eigenvalue weighted by atomic mass is 35.5. The van der Waals surface area contributed by atoms with Gasteiger partial charge in [0.25, 0.3) is 0 Å². The van der Waals surface area contributed by atoms with E-state index in [0.29, 0.717) is 11.6 Å². The Kier molecular flexibility index (Phi) is 6.36. The molecule has 0 radical (unpaired) electrons. The van der Waals surface area contributed by atoms with Crippen molar-refractivity contribution in [2.45, 2.75) is 32.7 Å². The third-order valence-electron chi connectivity index (χ3n) is 2.61. The molecule has 0 saturated heterocycles. The summed E-state index contributed by atoms with van der Waals surface area (Å²) < 4.78 is 4.76. The lowest BCUT2D eigenvalue weighted by Crippen LogP contribution is -2.27. The van der Waals surface area contributed by atoms with E-state index in [4.69, 9.17) is 16.3 Å². The van der Waals surface area contributed by atoms with Crippen LogP contribution in [0.4, 0.5) is 0 Å². The summed E-state index contributed by atoms with van der Waals surface area (Å²) in [6, 6.07) is 7.15. The Labute approximate surface area is 118 Å². The summed E-state index contributed by atoms with van der Waals surface area (Å²) in [6.07, 6.45) is 0.240. The van der Waals surface area contributed by atoms with E-state index in [2.05, 4.69) is 5.32 Å². The third kappa shape index (κ3) is 5.75. The molecule has 1 N–H and O–H groups in total. The Balaban J connectivity index is 2.39. The summed E-state index contributed by atoms with van der Waals surface area (Å²) in [5.74, 6) is -0.521. The minimum absolute atomic E-state index is 0.104. The van der Waals surface area contributed by atoms with Crippen LogP contribution in [0, 0.1) is 0 Å². The molecule has 4 nitrogen and oxygen atoms in total. The number of halogens is 1. The predicted molar refractivity (Wildman–Crippen MR) is 73.9 cm³/mol. The molecule has 0 unspecified atom stereocenters. The molecule has 0 saturated carbocycles. The Morgan fingerprint density at radius 3 is 2.47 bits per heavy atom. The number of ether oxygens (including phenoxy) is 1. The van der Waals surface area contributed by atoms with Gasteiger partial charge in [-0.05, 0) is 31.5 Å². The number of hydrogen-bond donors (Lipinski definition) is 1. The van der Waals surface area contributed by atoms with Gasteiger partial charge in [0.1, 0.15) is 0 Å². The molecule has 0 heterocycles. The van der Waals surface area contributed by atoms with E-state index < -0.39 is 0 Å². The van der Waals surface area contributed by atoms with Gasteiger partial charge in [0.05, 0.1) is 19.1 Å². The van der Waals surface area contributed by atoms with Crippen molar-refractivity contribution >= 4 is 23.5 Å². The van der Waals surface area contributed by atoms with Gasteiger partial charge >= 0.3 is 5.97 Å². The van der Waals surface area contributed by atoms with Crippen LogP contribution in [0.2, 0.25) is 5.02 Å². The first-order valence-corrected chi connectivity index (χ1v) is 6.61. The molecule has 0 bridgehead atoms. The van der Waals surface area contributed by atoms with Gasteiger partial charge in [0, 0.05) is 11.4 Å². The van der Waals surface area contributed by atoms with Crippen molar-refractivity contribution in [2.75, 3.05) is 6.61 Å². The van der Waals surface area contributed by atoms with Crippen LogP contribution in [0.5, 0.6) is 0 Å². The van der Waals surface area contributed by atoms with Crippen LogP contribution in [0.3, 0.4) is 0 Å². The average Bonchev–Trinajstić information content (AvgIpc) is 2.37. The Bertz CT molecular complexity index is 431. The molecule has 1 aromatic carbocycles. The van der Waals surface area contributed by atoms with Crippen molar-refractivity contribution in [1.29, 1.82) is 0 Å². The molecular formula is C14H18ClNO3. The summed E-state index contributed by atoms with van der Waals surface area (Å²) in [7, 11) is 0. The van der Waals surface area contributed by atoms with Crippen molar-refractivity contribution in [2.24, 2.45) is 0 Å². The SMILES string of the molecule is CCOC(=O)CCC(=O)N[C@H](C)c1ccc(Cl)cc1. The first kappa shape index (κ1) is 15.5. The Hall–Kier alpha value is -1.55. The summed E-state index contributed by atoms with van der Waals surface area (Å²) in [5.41, 5.74) is 0.967. The highest BCUT2D eigenvalue weighted by Gasteiger charge is 2.11. The van der Waals surface area contributed by atoms with Gasteiger partial charge in [-0.25, -0.2) is 0 Å². The van der Waals surface area contributed by atoms with Crippen LogP contribution >= 0.6 is 11.6 Å². The van der Waals surface area contributed by atoms with E-state index >= 15 is 0 Å². The summed E-state index contributed by atoms with van der Waals surface area (Å²) in [5, 5.41) is 3.48. The van der Waals surface area contributed by atoms with E-state index in [9.17, 15) is 9.59 Å². The fourth-order valence-corrected chi connectivity index (χ4v) is 1.72. The zero-order chi connectivity index (χ0) is 14.3. The molecular weight excluding hydrogens is 266 g/mol. The monoisotopic (exact) mass is 283 g/mol. The van der Waals surface area contributed by atoms with Gasteiger partial charge in [-0.3, -0.25) is 9.59 Å². The Morgan fingerprint density at radius 1 is 1.26 bits per heavy atom. The highest BCUT2D eigenvalue weighted by molar-refractivity contribution is 6.30. The number of amides is 1. The number of rotatable bonds is 6. The summed E-state index contributed by atoms with van der Waals surface area (Å²) >= 11 is 5.80. The molecule has 0 fully saturated rings. The van der Waals surface area contributed by atoms with Crippen molar-refractivity contribution in [3.05, 3.63) is 34.9 Å². The van der Waals surface area contributed by atoms with Crippen LogP contribution in [0.15, 0.2) is 24.3 Å². The van der Waals surface area contributed by atoms with Gasteiger partial charge < -0.3 is 10.1 Å². The lowest BCUT2D eigenvalue weighted by Gasteiger charge is -2.14. The maximum atomic E-state index is 11.7. The van der Waals surface area contributed by atoms with Crippen LogP contribution in [-0.2, 0) is 14.3 Å². The van der Waals surface area contributed by atoms with Gasteiger partial charge in [-0.2, -0.15) is 0 Å². The fourth-order valence-electron chi connectivity index (χ4n) is 1.60. The van der Waals surface area contributed by atoms with E-state index in [-0.39, 0.29) is 30.8 Å². The van der Waals surface area contributed by atoms with Crippen LogP contribution < -0.4 is 5.32 Å². The Morgan fingerprint density at radius 2 is 1.89 bits per heavy atom. The molecule has 1 aromatic rings. The van der Waals surface area contributed by atoms with Gasteiger partial charge in [0.15, 0.2) is 0 Å². The second-order valence-electron chi connectivity index (χ2n) is 4.15. The number of carbonyl (C=O) groups excluding carboxylic acids is 2. The molecule has 0 aliphatic rings. The summed E-state index contributed by atoms with van der Waals surface area (Å²) in [4.78, 5) is 22.8. The second-order valence-corrected chi connectivity index (χ2v) is 4.58. The van der Waals surface area contributed by atoms with E-state index in [0.717, 1.165) is 5.56 Å². The van der Waals surface area contributed by atoms with Gasteiger partial charge in [-0.1, -0.05) is 23.7 Å². The lowest BCUT2D eigenvalue weighted by molar-refractivity contribution is -0.144. The average molecular weight is 284 g/mol. The number of hydrogen-bond acceptors (Lipinski definition) is 3. The first-order valence-electron chi connectivity index (χ1n) is 6.23. The maximum absolute atomic E-state index is 11.7. The van der Waals surface area contributed by atoms with E-state index in [1.54, 1.807) is 19.1 Å². The van der Waals surface area contributed by atoms with Crippen molar-refractivity contribution in [1.82, 2.24) is 5.32 Å². The smallest absolute Gasteiger partial charge is 0.306 e. The molecule has 1 atom stereocenters. The number of carbonyl (C=O) groups is 2. The third-order valence-corrected chi connectivity index (χ3v) is 2.86. The topological polar surface area (TPSA) is 55.4 Å². The summed E-state index contributed by atoms with van der Waals surface area (Å²) in [6.45, 7) is 3.95. The van der Waals surface area contributed by atoms with Crippen molar-refractivity contribution in [3.8, 4) is 0 Å². The fraction of sp³-hybridized carbons (Fsp3) is 0.429. The number of nitrogens with one attached hydrogen (secondary N) is 1. The molecule has 1 amide bonds. The predicted octanol–water partition coefficient (Wildman–Crippen LogP) is 2.86. The normalized spacial score (nSPS) is 11.7. The van der Waals surface area contributed by atoms with Crippen LogP contribution in [0.1, 0.15) is 38.3 Å². The zero-order valence-corrected chi connectivity index (χ0v) is 11.9. The minimum Gasteiger partial charge on any atom is -0.466 e. The second kappa shape index (κ2) is 7.79. The largest absolute Gasteiger partial charge is 0.466 e. The molecule has 0 spiro atoms. The molecule has 104 valence electrons. The zero-order valence-electron chi connectivity index (χ0n) is 11.1. The minimum atomic E-state index is -0.350. The van der Waals surface area contributed by atoms with Crippen LogP contribution in [0.25, 0.3) is 0 Å². The maximum Gasteiger partial charge on any atom is 0.306 e. The molecule has 0 aliphatic carbocycles. The lowest BCUT2D eigenvalue weighted by atomic mass is 10.1. The number of esters is 1. The van der Waals surface area contributed by atoms with Crippen molar-refractivity contribution in [3.63, 3.8) is 0 Å². The quantitative estimate of drug-likeness (QED) is 0.817. The van der Waals surface area contributed by atoms with E-state index in [1.165, 1.54) is 0 Å². The van der Waals surface area contributed by atoms with Crippen LogP contribution in [-0.4, -0.2) is 18.5 Å². The first-order chi connectivity index (χ1) is 9.02. The van der Waals surface area contributed by atoms with Crippen molar-refractivity contribution < 1.29 is 14.3 Å². The molecule has 0 aliphatic heterocycles.